The van der Waals surface area contributed by atoms with Crippen LogP contribution in [0.5, 0.6) is 0 Å². The van der Waals surface area contributed by atoms with E-state index in [9.17, 15) is 10.1 Å². The van der Waals surface area contributed by atoms with Gasteiger partial charge in [-0.2, -0.15) is 0 Å². The van der Waals surface area contributed by atoms with Crippen molar-refractivity contribution in [1.82, 2.24) is 0 Å². The fourth-order valence-corrected chi connectivity index (χ4v) is 3.30. The molecule has 1 aliphatic heterocycles. The van der Waals surface area contributed by atoms with E-state index in [1.54, 1.807) is 12.1 Å². The predicted octanol–water partition coefficient (Wildman–Crippen LogP) is 4.07. The van der Waals surface area contributed by atoms with Gasteiger partial charge in [-0.15, -0.1) is 0 Å². The maximum atomic E-state index is 11.1. The Labute approximate surface area is 144 Å². The van der Waals surface area contributed by atoms with E-state index in [1.807, 2.05) is 36.4 Å². The molecule has 0 saturated carbocycles. The van der Waals surface area contributed by atoms with Gasteiger partial charge >= 0.3 is 0 Å². The largest absolute Gasteiger partial charge is 0.399 e. The minimum Gasteiger partial charge on any atom is -0.399 e. The van der Waals surface area contributed by atoms with E-state index in [0.717, 1.165) is 33.6 Å². The SMILES string of the molecule is Nc1ccc2c(c1)Cc1c(ccc(N)c1-c1cccc([N+](=O)[O-])c1)N2. The van der Waals surface area contributed by atoms with Gasteiger partial charge in [0.25, 0.3) is 5.69 Å². The van der Waals surface area contributed by atoms with Crippen LogP contribution in [0.25, 0.3) is 11.1 Å². The highest BCUT2D eigenvalue weighted by molar-refractivity contribution is 5.88. The summed E-state index contributed by atoms with van der Waals surface area (Å²) in [6.45, 7) is 0. The van der Waals surface area contributed by atoms with Gasteiger partial charge in [0.15, 0.2) is 0 Å². The molecule has 0 aliphatic carbocycles. The van der Waals surface area contributed by atoms with Crippen LogP contribution in [0.3, 0.4) is 0 Å². The van der Waals surface area contributed by atoms with Crippen LogP contribution in [0.1, 0.15) is 11.1 Å². The topological polar surface area (TPSA) is 107 Å². The highest BCUT2D eigenvalue weighted by Gasteiger charge is 2.21. The summed E-state index contributed by atoms with van der Waals surface area (Å²) in [6, 6.07) is 16.1. The average molecular weight is 332 g/mol. The number of non-ortho nitro benzene ring substituents is 1. The molecule has 1 aliphatic rings. The number of rotatable bonds is 2. The van der Waals surface area contributed by atoms with E-state index in [0.29, 0.717) is 17.8 Å². The molecule has 4 rings (SSSR count). The number of hydrogen-bond donors (Lipinski definition) is 3. The Morgan fingerprint density at radius 3 is 2.60 bits per heavy atom. The van der Waals surface area contributed by atoms with E-state index in [2.05, 4.69) is 5.32 Å². The van der Waals surface area contributed by atoms with E-state index in [4.69, 9.17) is 11.5 Å². The van der Waals surface area contributed by atoms with E-state index >= 15 is 0 Å². The van der Waals surface area contributed by atoms with Crippen molar-refractivity contribution in [2.24, 2.45) is 0 Å². The molecule has 0 bridgehead atoms. The van der Waals surface area contributed by atoms with Crippen LogP contribution in [-0.2, 0) is 6.42 Å². The Morgan fingerprint density at radius 2 is 1.80 bits per heavy atom. The lowest BCUT2D eigenvalue weighted by Gasteiger charge is -2.25. The standard InChI is InChI=1S/C19H16N4O2/c20-13-4-6-17-12(8-13)10-15-18(22-17)7-5-16(21)19(15)11-2-1-3-14(9-11)23(24)25/h1-9,22H,10,20-21H2. The monoisotopic (exact) mass is 332 g/mol. The smallest absolute Gasteiger partial charge is 0.270 e. The molecule has 0 atom stereocenters. The lowest BCUT2D eigenvalue weighted by atomic mass is 9.89. The molecule has 1 heterocycles. The summed E-state index contributed by atoms with van der Waals surface area (Å²) in [7, 11) is 0. The summed E-state index contributed by atoms with van der Waals surface area (Å²) in [5.74, 6) is 0. The van der Waals surface area contributed by atoms with Crippen molar-refractivity contribution in [2.45, 2.75) is 6.42 Å². The molecule has 3 aromatic carbocycles. The molecular formula is C19H16N4O2. The molecule has 3 aromatic rings. The first-order valence-corrected chi connectivity index (χ1v) is 7.84. The molecule has 5 N–H and O–H groups in total. The van der Waals surface area contributed by atoms with Gasteiger partial charge < -0.3 is 16.8 Å². The van der Waals surface area contributed by atoms with Crippen molar-refractivity contribution in [1.29, 1.82) is 0 Å². The Kier molecular flexibility index (Phi) is 3.32. The third-order valence-electron chi connectivity index (χ3n) is 4.46. The van der Waals surface area contributed by atoms with Gasteiger partial charge in [-0.3, -0.25) is 10.1 Å². The van der Waals surface area contributed by atoms with Crippen LogP contribution in [0, 0.1) is 10.1 Å². The van der Waals surface area contributed by atoms with Crippen molar-refractivity contribution < 1.29 is 4.92 Å². The minimum atomic E-state index is -0.399. The Hall–Kier alpha value is -3.54. The van der Waals surface area contributed by atoms with Gasteiger partial charge in [0, 0.05) is 46.9 Å². The minimum absolute atomic E-state index is 0.0444. The number of anilines is 4. The lowest BCUT2D eigenvalue weighted by molar-refractivity contribution is -0.384. The maximum Gasteiger partial charge on any atom is 0.270 e. The zero-order valence-corrected chi connectivity index (χ0v) is 13.3. The number of nitrogen functional groups attached to an aromatic ring is 2. The van der Waals surface area contributed by atoms with Gasteiger partial charge in [-0.25, -0.2) is 0 Å². The van der Waals surface area contributed by atoms with Gasteiger partial charge in [-0.05, 0) is 47.0 Å². The highest BCUT2D eigenvalue weighted by Crippen LogP contribution is 2.42. The first-order valence-electron chi connectivity index (χ1n) is 7.84. The zero-order valence-electron chi connectivity index (χ0n) is 13.3. The average Bonchev–Trinajstić information content (AvgIpc) is 2.60. The summed E-state index contributed by atoms with van der Waals surface area (Å²) in [6.07, 6.45) is 0.659. The van der Waals surface area contributed by atoms with Crippen molar-refractivity contribution >= 4 is 28.4 Å². The summed E-state index contributed by atoms with van der Waals surface area (Å²) < 4.78 is 0. The van der Waals surface area contributed by atoms with Crippen LogP contribution < -0.4 is 16.8 Å². The number of fused-ring (bicyclic) bond motifs is 2. The molecule has 0 unspecified atom stereocenters. The van der Waals surface area contributed by atoms with Gasteiger partial charge in [0.05, 0.1) is 4.92 Å². The highest BCUT2D eigenvalue weighted by atomic mass is 16.6. The number of nitro groups is 1. The molecule has 25 heavy (non-hydrogen) atoms. The first-order chi connectivity index (χ1) is 12.0. The maximum absolute atomic E-state index is 11.1. The normalized spacial score (nSPS) is 12.0. The quantitative estimate of drug-likeness (QED) is 0.291. The fourth-order valence-electron chi connectivity index (χ4n) is 3.30. The molecule has 0 aromatic heterocycles. The predicted molar refractivity (Wildman–Crippen MR) is 99.9 cm³/mol. The van der Waals surface area contributed by atoms with Crippen LogP contribution in [0.4, 0.5) is 28.4 Å². The molecule has 0 amide bonds. The number of nitrogens with two attached hydrogens (primary N) is 2. The van der Waals surface area contributed by atoms with Crippen molar-refractivity contribution in [3.05, 3.63) is 75.8 Å². The Balaban J connectivity index is 1.89. The zero-order chi connectivity index (χ0) is 17.6. The Bertz CT molecular complexity index is 1010. The fraction of sp³-hybridized carbons (Fsp3) is 0.0526. The number of benzene rings is 3. The second-order valence-electron chi connectivity index (χ2n) is 6.08. The summed E-state index contributed by atoms with van der Waals surface area (Å²) in [4.78, 5) is 10.7. The second kappa shape index (κ2) is 5.52. The van der Waals surface area contributed by atoms with Gasteiger partial charge in [0.1, 0.15) is 0 Å². The number of nitro benzene ring substituents is 1. The molecule has 124 valence electrons. The summed E-state index contributed by atoms with van der Waals surface area (Å²) in [5, 5.41) is 14.5. The molecule has 6 heteroatoms. The van der Waals surface area contributed by atoms with E-state index in [1.165, 1.54) is 6.07 Å². The number of nitrogens with zero attached hydrogens (tertiary/aromatic N) is 1. The van der Waals surface area contributed by atoms with E-state index in [-0.39, 0.29) is 5.69 Å². The molecule has 0 spiro atoms. The number of hydrogen-bond acceptors (Lipinski definition) is 5. The van der Waals surface area contributed by atoms with Crippen molar-refractivity contribution in [3.63, 3.8) is 0 Å². The van der Waals surface area contributed by atoms with Crippen LogP contribution in [-0.4, -0.2) is 4.92 Å². The molecule has 6 nitrogen and oxygen atoms in total. The molecule has 0 fully saturated rings. The lowest BCUT2D eigenvalue weighted by Crippen LogP contribution is -2.10. The van der Waals surface area contributed by atoms with E-state index < -0.39 is 4.92 Å². The summed E-state index contributed by atoms with van der Waals surface area (Å²) >= 11 is 0. The van der Waals surface area contributed by atoms with Gasteiger partial charge in [0.2, 0.25) is 0 Å². The summed E-state index contributed by atoms with van der Waals surface area (Å²) in [5.41, 5.74) is 19.1. The number of nitrogens with one attached hydrogen (secondary N) is 1. The third-order valence-corrected chi connectivity index (χ3v) is 4.46. The van der Waals surface area contributed by atoms with Gasteiger partial charge in [-0.1, -0.05) is 12.1 Å². The third kappa shape index (κ3) is 2.53. The second-order valence-corrected chi connectivity index (χ2v) is 6.08. The Morgan fingerprint density at radius 1 is 1.00 bits per heavy atom. The van der Waals surface area contributed by atoms with Crippen molar-refractivity contribution in [3.8, 4) is 11.1 Å². The molecular weight excluding hydrogens is 316 g/mol. The van der Waals surface area contributed by atoms with Crippen LogP contribution >= 0.6 is 0 Å². The van der Waals surface area contributed by atoms with Crippen LogP contribution in [0.15, 0.2) is 54.6 Å². The molecule has 0 radical (unpaired) electrons. The molecule has 0 saturated heterocycles. The van der Waals surface area contributed by atoms with Crippen molar-refractivity contribution in [2.75, 3.05) is 16.8 Å². The van der Waals surface area contributed by atoms with Crippen LogP contribution in [0.2, 0.25) is 0 Å². The first kappa shape index (κ1) is 15.0.